The first-order valence-electron chi connectivity index (χ1n) is 15.1. The third-order valence-electron chi connectivity index (χ3n) is 8.35. The molecule has 0 amide bonds. The van der Waals surface area contributed by atoms with Gasteiger partial charge in [-0.3, -0.25) is 0 Å². The van der Waals surface area contributed by atoms with E-state index in [-0.39, 0.29) is 0 Å². The first-order chi connectivity index (χ1) is 23.7. The van der Waals surface area contributed by atoms with E-state index in [2.05, 4.69) is 239 Å². The summed E-state index contributed by atoms with van der Waals surface area (Å²) in [6.07, 6.45) is 0. The topological polar surface area (TPSA) is 0 Å². The minimum atomic E-state index is 0.937. The zero-order chi connectivity index (χ0) is 34.2. The van der Waals surface area contributed by atoms with Crippen molar-refractivity contribution in [2.24, 2.45) is 0 Å². The second-order valence-electron chi connectivity index (χ2n) is 11.4. The lowest BCUT2D eigenvalue weighted by Gasteiger charge is -2.14. The van der Waals surface area contributed by atoms with Gasteiger partial charge >= 0.3 is 0 Å². The van der Waals surface area contributed by atoms with Crippen LogP contribution in [0.5, 0.6) is 0 Å². The van der Waals surface area contributed by atoms with Gasteiger partial charge in [0.1, 0.15) is 0 Å². The van der Waals surface area contributed by atoms with E-state index in [9.17, 15) is 0 Å². The van der Waals surface area contributed by atoms with Gasteiger partial charge in [0, 0.05) is 31.3 Å². The smallest absolute Gasteiger partial charge is 0.0260 e. The molecule has 0 heterocycles. The third-order valence-corrected chi connectivity index (χ3v) is 12.8. The molecule has 0 unspecified atom stereocenters. The minimum Gasteiger partial charge on any atom is -0.0616 e. The molecule has 49 heavy (non-hydrogen) atoms. The lowest BCUT2D eigenvalue weighted by molar-refractivity contribution is 1.51. The van der Waals surface area contributed by atoms with Crippen LogP contribution in [0.25, 0.3) is 66.8 Å². The molecule has 7 rings (SSSR count). The molecular formula is C42H22Br7. The first-order valence-corrected chi connectivity index (χ1v) is 20.6. The fraction of sp³-hybridized carbons (Fsp3) is 0. The molecular weight excluding hydrogens is 1060 g/mol. The molecule has 0 aliphatic rings. The quantitative estimate of drug-likeness (QED) is 0.156. The highest BCUT2D eigenvalue weighted by Gasteiger charge is 2.14. The zero-order valence-electron chi connectivity index (χ0n) is 25.3. The fourth-order valence-corrected chi connectivity index (χ4v) is 9.82. The molecule has 0 aliphatic carbocycles. The molecule has 0 fully saturated rings. The van der Waals surface area contributed by atoms with Crippen LogP contribution in [-0.4, -0.2) is 0 Å². The van der Waals surface area contributed by atoms with Crippen molar-refractivity contribution in [3.05, 3.63) is 171 Å². The van der Waals surface area contributed by atoms with Crippen molar-refractivity contribution >= 4 is 112 Å². The summed E-state index contributed by atoms with van der Waals surface area (Å²) in [5.74, 6) is 0. The highest BCUT2D eigenvalue weighted by atomic mass is 79.9. The van der Waals surface area contributed by atoms with E-state index in [0.717, 1.165) is 92.5 Å². The van der Waals surface area contributed by atoms with Gasteiger partial charge in [0.05, 0.1) is 0 Å². The Morgan fingerprint density at radius 1 is 0.286 bits per heavy atom. The minimum absolute atomic E-state index is 0.937. The summed E-state index contributed by atoms with van der Waals surface area (Å²) in [4.78, 5) is 0. The maximum absolute atomic E-state index is 3.88. The standard InChI is InChI=1S/C42H22Br7/c43-30-5-3-4-24(18-30)32-13-9-26(20-38(32)45)34-15-11-28(22-40(34)47)36-17-12-29(23-42(36)49)35-16-10-27(21-41(35)48)33-14-8-25(19-39(33)46)31-6-1-2-7-37(31)44/h1-4,6-23H. The van der Waals surface area contributed by atoms with Crippen molar-refractivity contribution in [2.75, 3.05) is 0 Å². The molecule has 0 aromatic heterocycles. The summed E-state index contributed by atoms with van der Waals surface area (Å²) in [6, 6.07) is 50.1. The zero-order valence-corrected chi connectivity index (χ0v) is 36.4. The molecule has 7 heteroatoms. The van der Waals surface area contributed by atoms with Gasteiger partial charge in [-0.05, 0) is 115 Å². The molecule has 239 valence electrons. The molecule has 0 nitrogen and oxygen atoms in total. The number of halogens is 7. The number of hydrogen-bond donors (Lipinski definition) is 0. The second-order valence-corrected chi connectivity index (χ2v) is 17.4. The Hall–Kier alpha value is -2.10. The average Bonchev–Trinajstić information content (AvgIpc) is 3.08. The van der Waals surface area contributed by atoms with Crippen LogP contribution in [0.4, 0.5) is 0 Å². The molecule has 0 aliphatic heterocycles. The lowest BCUT2D eigenvalue weighted by Crippen LogP contribution is -1.88. The molecule has 1 radical (unpaired) electrons. The Labute approximate surface area is 345 Å². The van der Waals surface area contributed by atoms with Crippen LogP contribution < -0.4 is 0 Å². The van der Waals surface area contributed by atoms with Gasteiger partial charge in [0.15, 0.2) is 0 Å². The SMILES string of the molecule is Brc1[c]ccc(-c2ccc(-c3ccc(-c4ccc(-c5ccc(-c6ccc(-c7ccccc7Br)cc6Br)cc5Br)cc4Br)cc3Br)cc2Br)c1. The van der Waals surface area contributed by atoms with E-state index in [4.69, 9.17) is 0 Å². The first kappa shape index (κ1) is 35.3. The highest BCUT2D eigenvalue weighted by Crippen LogP contribution is 2.42. The van der Waals surface area contributed by atoms with Crippen molar-refractivity contribution < 1.29 is 0 Å². The predicted molar refractivity (Wildman–Crippen MR) is 232 cm³/mol. The summed E-state index contributed by atoms with van der Waals surface area (Å²) in [6.45, 7) is 0. The normalized spacial score (nSPS) is 11.2. The van der Waals surface area contributed by atoms with Crippen LogP contribution >= 0.6 is 112 Å². The van der Waals surface area contributed by atoms with E-state index in [1.807, 2.05) is 12.1 Å². The van der Waals surface area contributed by atoms with Gasteiger partial charge in [-0.25, -0.2) is 0 Å². The summed E-state index contributed by atoms with van der Waals surface area (Å²) in [5, 5.41) is 0. The second kappa shape index (κ2) is 15.2. The summed E-state index contributed by atoms with van der Waals surface area (Å²) in [5.41, 5.74) is 13.6. The maximum Gasteiger partial charge on any atom is 0.0260 e. The monoisotopic (exact) mass is 1080 g/mol. The molecule has 7 aromatic carbocycles. The van der Waals surface area contributed by atoms with Crippen molar-refractivity contribution in [3.8, 4) is 66.8 Å². The van der Waals surface area contributed by atoms with E-state index >= 15 is 0 Å². The molecule has 7 aromatic rings. The Morgan fingerprint density at radius 3 is 0.898 bits per heavy atom. The molecule has 0 atom stereocenters. The van der Waals surface area contributed by atoms with Crippen LogP contribution in [0.2, 0.25) is 0 Å². The Bertz CT molecular complexity index is 2380. The van der Waals surface area contributed by atoms with Gasteiger partial charge in [-0.1, -0.05) is 203 Å². The van der Waals surface area contributed by atoms with Crippen molar-refractivity contribution in [2.45, 2.75) is 0 Å². The van der Waals surface area contributed by atoms with E-state index in [0.29, 0.717) is 0 Å². The Kier molecular flexibility index (Phi) is 11.0. The van der Waals surface area contributed by atoms with Crippen LogP contribution in [-0.2, 0) is 0 Å². The van der Waals surface area contributed by atoms with Crippen molar-refractivity contribution in [1.29, 1.82) is 0 Å². The average molecular weight is 1090 g/mol. The fourth-order valence-electron chi connectivity index (χ4n) is 5.88. The highest BCUT2D eigenvalue weighted by molar-refractivity contribution is 9.11. The number of rotatable bonds is 6. The summed E-state index contributed by atoms with van der Waals surface area (Å²) >= 11 is 26.4. The van der Waals surface area contributed by atoms with E-state index in [1.165, 1.54) is 5.56 Å². The summed E-state index contributed by atoms with van der Waals surface area (Å²) < 4.78 is 7.21. The molecule has 0 spiro atoms. The van der Waals surface area contributed by atoms with Gasteiger partial charge in [0.2, 0.25) is 0 Å². The Morgan fingerprint density at radius 2 is 0.592 bits per heavy atom. The van der Waals surface area contributed by atoms with Crippen molar-refractivity contribution in [3.63, 3.8) is 0 Å². The molecule has 0 saturated heterocycles. The van der Waals surface area contributed by atoms with Gasteiger partial charge < -0.3 is 0 Å². The molecule has 0 N–H and O–H groups in total. The van der Waals surface area contributed by atoms with Crippen LogP contribution in [0.1, 0.15) is 0 Å². The number of benzene rings is 7. The van der Waals surface area contributed by atoms with Gasteiger partial charge in [-0.15, -0.1) is 0 Å². The molecule has 0 bridgehead atoms. The number of hydrogen-bond acceptors (Lipinski definition) is 0. The predicted octanol–water partition coefficient (Wildman–Crippen LogP) is 16.8. The largest absolute Gasteiger partial charge is 0.0616 e. The van der Waals surface area contributed by atoms with Crippen LogP contribution in [0, 0.1) is 6.07 Å². The van der Waals surface area contributed by atoms with Crippen molar-refractivity contribution in [1.82, 2.24) is 0 Å². The van der Waals surface area contributed by atoms with Crippen LogP contribution in [0.3, 0.4) is 0 Å². The summed E-state index contributed by atoms with van der Waals surface area (Å²) in [7, 11) is 0. The molecule has 0 saturated carbocycles. The van der Waals surface area contributed by atoms with Crippen LogP contribution in [0.15, 0.2) is 165 Å². The van der Waals surface area contributed by atoms with E-state index in [1.54, 1.807) is 0 Å². The lowest BCUT2D eigenvalue weighted by atomic mass is 9.96. The van der Waals surface area contributed by atoms with E-state index < -0.39 is 0 Å². The Balaban J connectivity index is 1.13. The third kappa shape index (κ3) is 7.60. The van der Waals surface area contributed by atoms with Gasteiger partial charge in [0.25, 0.3) is 0 Å². The van der Waals surface area contributed by atoms with Gasteiger partial charge in [-0.2, -0.15) is 0 Å². The maximum atomic E-state index is 3.88.